The number of benzene rings is 1. The third kappa shape index (κ3) is 4.14. The van der Waals surface area contributed by atoms with E-state index in [1.54, 1.807) is 11.3 Å². The highest BCUT2D eigenvalue weighted by molar-refractivity contribution is 7.20. The Morgan fingerprint density at radius 2 is 1.76 bits per heavy atom. The Hall–Kier alpha value is -1.67. The molecule has 5 rings (SSSR count). The van der Waals surface area contributed by atoms with Gasteiger partial charge in [-0.2, -0.15) is 0 Å². The maximum atomic E-state index is 6.03. The van der Waals surface area contributed by atoms with Crippen LogP contribution in [-0.2, 0) is 0 Å². The molecule has 0 N–H and O–H groups in total. The number of piperidine rings is 1. The second-order valence-corrected chi connectivity index (χ2v) is 9.63. The monoisotopic (exact) mass is 430 g/mol. The summed E-state index contributed by atoms with van der Waals surface area (Å²) in [7, 11) is 2.22. The molecular weight excluding hydrogens is 404 g/mol. The summed E-state index contributed by atoms with van der Waals surface area (Å²) in [5, 5.41) is 6.72. The molecule has 0 saturated carbocycles. The van der Waals surface area contributed by atoms with Crippen LogP contribution in [0, 0.1) is 5.92 Å². The van der Waals surface area contributed by atoms with Crippen LogP contribution in [0.1, 0.15) is 12.8 Å². The van der Waals surface area contributed by atoms with Crippen molar-refractivity contribution < 1.29 is 0 Å². The standard InChI is InChI=1S/C21H27ClN6S/c1-25-10-12-26(13-11-25)15-16-6-8-27(9-7-16)21-24-28-19(14-23-20(28)29-21)17-2-4-18(22)5-3-17/h2-5,14,16H,6-13,15H2,1H3. The van der Waals surface area contributed by atoms with Gasteiger partial charge in [-0.1, -0.05) is 35.1 Å². The minimum absolute atomic E-state index is 0.743. The van der Waals surface area contributed by atoms with Gasteiger partial charge in [0.15, 0.2) is 0 Å². The number of nitrogens with zero attached hydrogens (tertiary/aromatic N) is 6. The summed E-state index contributed by atoms with van der Waals surface area (Å²) < 4.78 is 1.97. The molecule has 0 bridgehead atoms. The molecule has 0 spiro atoms. The summed E-state index contributed by atoms with van der Waals surface area (Å²) in [5.74, 6) is 0.809. The summed E-state index contributed by atoms with van der Waals surface area (Å²) in [6, 6.07) is 7.87. The number of hydrogen-bond donors (Lipinski definition) is 0. The van der Waals surface area contributed by atoms with Crippen LogP contribution in [0.25, 0.3) is 16.2 Å². The van der Waals surface area contributed by atoms with E-state index in [0.29, 0.717) is 0 Å². The molecule has 0 radical (unpaired) electrons. The van der Waals surface area contributed by atoms with E-state index in [1.807, 2.05) is 35.0 Å². The molecule has 8 heteroatoms. The fraction of sp³-hybridized carbons (Fsp3) is 0.524. The van der Waals surface area contributed by atoms with Crippen LogP contribution in [0.3, 0.4) is 0 Å². The minimum Gasteiger partial charge on any atom is -0.347 e. The van der Waals surface area contributed by atoms with E-state index in [1.165, 1.54) is 45.6 Å². The molecule has 0 amide bonds. The van der Waals surface area contributed by atoms with Gasteiger partial charge in [-0.25, -0.2) is 9.50 Å². The second kappa shape index (κ2) is 8.22. The number of likely N-dealkylation sites (N-methyl/N-ethyl adjacent to an activating group) is 1. The Bertz CT molecular complexity index is 951. The zero-order valence-electron chi connectivity index (χ0n) is 16.8. The third-order valence-electron chi connectivity index (χ3n) is 6.21. The van der Waals surface area contributed by atoms with Crippen LogP contribution < -0.4 is 4.90 Å². The second-order valence-electron chi connectivity index (χ2n) is 8.26. The van der Waals surface area contributed by atoms with Crippen LogP contribution in [0.15, 0.2) is 30.5 Å². The molecule has 2 aliphatic rings. The first kappa shape index (κ1) is 19.3. The zero-order valence-corrected chi connectivity index (χ0v) is 18.4. The largest absolute Gasteiger partial charge is 0.347 e. The first-order valence-electron chi connectivity index (χ1n) is 10.4. The molecule has 6 nitrogen and oxygen atoms in total. The highest BCUT2D eigenvalue weighted by Crippen LogP contribution is 2.31. The Labute approximate surface area is 180 Å². The fourth-order valence-electron chi connectivity index (χ4n) is 4.33. The van der Waals surface area contributed by atoms with Gasteiger partial charge in [0, 0.05) is 56.4 Å². The van der Waals surface area contributed by atoms with Gasteiger partial charge in [-0.05, 0) is 37.9 Å². The predicted octanol–water partition coefficient (Wildman–Crippen LogP) is 3.58. The predicted molar refractivity (Wildman–Crippen MR) is 120 cm³/mol. The van der Waals surface area contributed by atoms with E-state index in [0.717, 1.165) is 45.4 Å². The molecule has 4 heterocycles. The summed E-state index contributed by atoms with van der Waals surface area (Å²) in [4.78, 5) is 13.0. The first-order chi connectivity index (χ1) is 14.2. The number of piperazine rings is 1. The number of rotatable bonds is 4. The Balaban J connectivity index is 1.23. The van der Waals surface area contributed by atoms with Crippen LogP contribution in [0.5, 0.6) is 0 Å². The van der Waals surface area contributed by atoms with Crippen molar-refractivity contribution in [2.45, 2.75) is 12.8 Å². The average Bonchev–Trinajstić information content (AvgIpc) is 3.32. The highest BCUT2D eigenvalue weighted by atomic mass is 35.5. The van der Waals surface area contributed by atoms with Crippen LogP contribution in [0.2, 0.25) is 5.02 Å². The first-order valence-corrected chi connectivity index (χ1v) is 11.6. The van der Waals surface area contributed by atoms with Crippen LogP contribution in [0.4, 0.5) is 5.13 Å². The minimum atomic E-state index is 0.743. The Kier molecular flexibility index (Phi) is 5.47. The van der Waals surface area contributed by atoms with E-state index in [9.17, 15) is 0 Å². The van der Waals surface area contributed by atoms with Gasteiger partial charge in [0.05, 0.1) is 11.9 Å². The molecule has 0 unspecified atom stereocenters. The summed E-state index contributed by atoms with van der Waals surface area (Å²) >= 11 is 7.71. The molecule has 2 fully saturated rings. The molecule has 2 aliphatic heterocycles. The highest BCUT2D eigenvalue weighted by Gasteiger charge is 2.25. The lowest BCUT2D eigenvalue weighted by Crippen LogP contribution is -2.47. The van der Waals surface area contributed by atoms with Gasteiger partial charge in [0.25, 0.3) is 0 Å². The lowest BCUT2D eigenvalue weighted by molar-refractivity contribution is 0.129. The number of fused-ring (bicyclic) bond motifs is 1. The van der Waals surface area contributed by atoms with Gasteiger partial charge >= 0.3 is 0 Å². The molecule has 2 saturated heterocycles. The molecule has 29 heavy (non-hydrogen) atoms. The zero-order chi connectivity index (χ0) is 19.8. The molecular formula is C21H27ClN6S. The van der Waals surface area contributed by atoms with Gasteiger partial charge in [0.2, 0.25) is 10.1 Å². The smallest absolute Gasteiger partial charge is 0.214 e. The Morgan fingerprint density at radius 1 is 1.03 bits per heavy atom. The lowest BCUT2D eigenvalue weighted by Gasteiger charge is -2.37. The summed E-state index contributed by atoms with van der Waals surface area (Å²) in [6.07, 6.45) is 4.39. The number of halogens is 1. The fourth-order valence-corrected chi connectivity index (χ4v) is 5.38. The van der Waals surface area contributed by atoms with Crippen molar-refractivity contribution in [2.75, 3.05) is 57.8 Å². The molecule has 0 aliphatic carbocycles. The molecule has 0 atom stereocenters. The average molecular weight is 431 g/mol. The lowest BCUT2D eigenvalue weighted by atomic mass is 9.96. The van der Waals surface area contributed by atoms with E-state index in [2.05, 4.69) is 26.7 Å². The van der Waals surface area contributed by atoms with E-state index >= 15 is 0 Å². The van der Waals surface area contributed by atoms with Crippen molar-refractivity contribution in [2.24, 2.45) is 5.92 Å². The van der Waals surface area contributed by atoms with Gasteiger partial charge in [-0.3, -0.25) is 0 Å². The number of anilines is 1. The van der Waals surface area contributed by atoms with Crippen LogP contribution >= 0.6 is 22.9 Å². The molecule has 3 aromatic rings. The SMILES string of the molecule is CN1CCN(CC2CCN(c3nn4c(-c5ccc(Cl)cc5)cnc4s3)CC2)CC1. The van der Waals surface area contributed by atoms with Crippen molar-refractivity contribution in [1.82, 2.24) is 24.4 Å². The van der Waals surface area contributed by atoms with E-state index < -0.39 is 0 Å². The topological polar surface area (TPSA) is 39.9 Å². The number of hydrogen-bond acceptors (Lipinski definition) is 6. The quantitative estimate of drug-likeness (QED) is 0.632. The van der Waals surface area contributed by atoms with Crippen molar-refractivity contribution in [3.8, 4) is 11.3 Å². The van der Waals surface area contributed by atoms with Crippen molar-refractivity contribution in [3.05, 3.63) is 35.5 Å². The Morgan fingerprint density at radius 3 is 2.48 bits per heavy atom. The summed E-state index contributed by atoms with van der Waals surface area (Å²) in [5.41, 5.74) is 2.11. The van der Waals surface area contributed by atoms with Gasteiger partial charge in [-0.15, -0.1) is 5.10 Å². The third-order valence-corrected chi connectivity index (χ3v) is 7.45. The van der Waals surface area contributed by atoms with Crippen molar-refractivity contribution in [1.29, 1.82) is 0 Å². The maximum Gasteiger partial charge on any atom is 0.214 e. The number of aromatic nitrogens is 3. The van der Waals surface area contributed by atoms with E-state index in [-0.39, 0.29) is 0 Å². The number of imidazole rings is 1. The summed E-state index contributed by atoms with van der Waals surface area (Å²) in [6.45, 7) is 8.27. The van der Waals surface area contributed by atoms with Crippen LogP contribution in [-0.4, -0.2) is 77.3 Å². The van der Waals surface area contributed by atoms with Crippen molar-refractivity contribution >= 4 is 33.0 Å². The maximum absolute atomic E-state index is 6.03. The normalized spacial score (nSPS) is 20.0. The van der Waals surface area contributed by atoms with Gasteiger partial charge in [0.1, 0.15) is 0 Å². The molecule has 1 aromatic carbocycles. The molecule has 154 valence electrons. The van der Waals surface area contributed by atoms with Gasteiger partial charge < -0.3 is 14.7 Å². The van der Waals surface area contributed by atoms with Crippen molar-refractivity contribution in [3.63, 3.8) is 0 Å². The van der Waals surface area contributed by atoms with E-state index in [4.69, 9.17) is 16.7 Å². The molecule has 2 aromatic heterocycles.